The molecule has 0 aliphatic carbocycles. The summed E-state index contributed by atoms with van der Waals surface area (Å²) in [7, 11) is 0. The van der Waals surface area contributed by atoms with Crippen LogP contribution >= 0.6 is 0 Å². The zero-order chi connectivity index (χ0) is 17.3. The topological polar surface area (TPSA) is 97.0 Å². The van der Waals surface area contributed by atoms with E-state index in [9.17, 15) is 14.4 Å². The predicted octanol–water partition coefficient (Wildman–Crippen LogP) is 0.572. The second-order valence-electron chi connectivity index (χ2n) is 6.08. The molecule has 0 aromatic heterocycles. The van der Waals surface area contributed by atoms with Crippen molar-refractivity contribution in [2.75, 3.05) is 18.2 Å². The van der Waals surface area contributed by atoms with Crippen molar-refractivity contribution in [1.29, 1.82) is 0 Å². The van der Waals surface area contributed by atoms with Crippen LogP contribution in [-0.2, 0) is 14.4 Å². The Kier molecular flexibility index (Phi) is 4.28. The second kappa shape index (κ2) is 6.38. The van der Waals surface area contributed by atoms with Gasteiger partial charge >= 0.3 is 0 Å². The molecule has 1 saturated heterocycles. The highest BCUT2D eigenvalue weighted by atomic mass is 16.7. The highest BCUT2D eigenvalue weighted by Crippen LogP contribution is 2.37. The van der Waals surface area contributed by atoms with Gasteiger partial charge in [-0.15, -0.1) is 0 Å². The van der Waals surface area contributed by atoms with Gasteiger partial charge < -0.3 is 14.4 Å². The van der Waals surface area contributed by atoms with Gasteiger partial charge in [0.05, 0.1) is 5.92 Å². The number of carbonyl (C=O) groups is 3. The number of benzene rings is 1. The van der Waals surface area contributed by atoms with Crippen LogP contribution in [0.25, 0.3) is 0 Å². The Labute approximate surface area is 139 Å². The fourth-order valence-electron chi connectivity index (χ4n) is 2.56. The van der Waals surface area contributed by atoms with E-state index in [4.69, 9.17) is 9.47 Å². The van der Waals surface area contributed by atoms with Crippen LogP contribution in [0.3, 0.4) is 0 Å². The summed E-state index contributed by atoms with van der Waals surface area (Å²) >= 11 is 0. The molecule has 1 fully saturated rings. The monoisotopic (exact) mass is 333 g/mol. The molecule has 2 aliphatic heterocycles. The minimum absolute atomic E-state index is 0.0951. The fraction of sp³-hybridized carbons (Fsp3) is 0.438. The molecule has 8 nitrogen and oxygen atoms in total. The number of hydrazine groups is 1. The van der Waals surface area contributed by atoms with E-state index in [1.54, 1.807) is 32.0 Å². The van der Waals surface area contributed by atoms with Gasteiger partial charge in [-0.05, 0) is 12.1 Å². The molecular weight excluding hydrogens is 314 g/mol. The standard InChI is InChI=1S/C16H19N3O5/c1-9(2)15(21)17-18-16(22)10-5-14(20)19(7-10)11-3-4-12-13(6-11)24-8-23-12/h3-4,6,9-10H,5,7-8H2,1-2H3,(H,17,21)(H,18,22)/t10-/m1/s1. The van der Waals surface area contributed by atoms with E-state index in [1.807, 2.05) is 0 Å². The average Bonchev–Trinajstić information content (AvgIpc) is 3.17. The number of nitrogens with one attached hydrogen (secondary N) is 2. The van der Waals surface area contributed by atoms with Gasteiger partial charge in [0.2, 0.25) is 24.5 Å². The molecule has 1 aromatic carbocycles. The van der Waals surface area contributed by atoms with E-state index in [2.05, 4.69) is 10.9 Å². The van der Waals surface area contributed by atoms with Gasteiger partial charge in [-0.1, -0.05) is 13.8 Å². The van der Waals surface area contributed by atoms with Gasteiger partial charge in [0.15, 0.2) is 11.5 Å². The summed E-state index contributed by atoms with van der Waals surface area (Å²) in [5.74, 6) is -0.338. The van der Waals surface area contributed by atoms with E-state index in [0.29, 0.717) is 17.2 Å². The van der Waals surface area contributed by atoms with Crippen LogP contribution in [0.1, 0.15) is 20.3 Å². The maximum absolute atomic E-state index is 12.2. The Morgan fingerprint density at radius 3 is 2.71 bits per heavy atom. The second-order valence-corrected chi connectivity index (χ2v) is 6.08. The molecule has 0 spiro atoms. The van der Waals surface area contributed by atoms with Crippen molar-refractivity contribution in [2.45, 2.75) is 20.3 Å². The maximum atomic E-state index is 12.2. The molecule has 2 heterocycles. The van der Waals surface area contributed by atoms with Crippen molar-refractivity contribution in [3.05, 3.63) is 18.2 Å². The van der Waals surface area contributed by atoms with Gasteiger partial charge in [0.1, 0.15) is 0 Å². The zero-order valence-corrected chi connectivity index (χ0v) is 13.5. The van der Waals surface area contributed by atoms with Gasteiger partial charge in [0.25, 0.3) is 0 Å². The van der Waals surface area contributed by atoms with Gasteiger partial charge in [-0.3, -0.25) is 25.2 Å². The highest BCUT2D eigenvalue weighted by molar-refractivity contribution is 6.00. The van der Waals surface area contributed by atoms with Crippen LogP contribution < -0.4 is 25.2 Å². The van der Waals surface area contributed by atoms with Crippen LogP contribution in [0.2, 0.25) is 0 Å². The first-order valence-electron chi connectivity index (χ1n) is 7.75. The lowest BCUT2D eigenvalue weighted by atomic mass is 10.1. The fourth-order valence-corrected chi connectivity index (χ4v) is 2.56. The first-order chi connectivity index (χ1) is 11.5. The minimum Gasteiger partial charge on any atom is -0.454 e. The molecule has 3 amide bonds. The SMILES string of the molecule is CC(C)C(=O)NNC(=O)[C@@H]1CC(=O)N(c2ccc3c(c2)OCO3)C1. The molecule has 1 aromatic rings. The number of ether oxygens (including phenoxy) is 2. The molecule has 0 bridgehead atoms. The number of hydrogen-bond donors (Lipinski definition) is 2. The number of carbonyl (C=O) groups excluding carboxylic acids is 3. The summed E-state index contributed by atoms with van der Waals surface area (Å²) in [4.78, 5) is 37.4. The summed E-state index contributed by atoms with van der Waals surface area (Å²) in [6.07, 6.45) is 0.0951. The first kappa shape index (κ1) is 16.1. The third-order valence-corrected chi connectivity index (χ3v) is 4.00. The van der Waals surface area contributed by atoms with Crippen molar-refractivity contribution in [3.63, 3.8) is 0 Å². The number of rotatable bonds is 3. The lowest BCUT2D eigenvalue weighted by Gasteiger charge is -2.17. The molecular formula is C16H19N3O5. The number of fused-ring (bicyclic) bond motifs is 1. The lowest BCUT2D eigenvalue weighted by molar-refractivity contribution is -0.132. The van der Waals surface area contributed by atoms with Crippen LogP contribution in [0.15, 0.2) is 18.2 Å². The van der Waals surface area contributed by atoms with E-state index in [1.165, 1.54) is 4.90 Å². The molecule has 128 valence electrons. The van der Waals surface area contributed by atoms with Crippen molar-refractivity contribution in [3.8, 4) is 11.5 Å². The summed E-state index contributed by atoms with van der Waals surface area (Å²) in [5.41, 5.74) is 5.39. The smallest absolute Gasteiger partial charge is 0.243 e. The number of nitrogens with zero attached hydrogens (tertiary/aromatic N) is 1. The molecule has 2 N–H and O–H groups in total. The van der Waals surface area contributed by atoms with Gasteiger partial charge in [0, 0.05) is 30.6 Å². The molecule has 24 heavy (non-hydrogen) atoms. The zero-order valence-electron chi connectivity index (χ0n) is 13.5. The minimum atomic E-state index is -0.518. The number of anilines is 1. The largest absolute Gasteiger partial charge is 0.454 e. The van der Waals surface area contributed by atoms with Crippen molar-refractivity contribution in [2.24, 2.45) is 11.8 Å². The summed E-state index contributed by atoms with van der Waals surface area (Å²) in [6.45, 7) is 3.86. The molecule has 1 atom stereocenters. The van der Waals surface area contributed by atoms with Crippen molar-refractivity contribution < 1.29 is 23.9 Å². The van der Waals surface area contributed by atoms with Crippen LogP contribution in [-0.4, -0.2) is 31.1 Å². The van der Waals surface area contributed by atoms with E-state index < -0.39 is 5.92 Å². The highest BCUT2D eigenvalue weighted by Gasteiger charge is 2.35. The van der Waals surface area contributed by atoms with Crippen LogP contribution in [0.4, 0.5) is 5.69 Å². The Morgan fingerprint density at radius 2 is 1.96 bits per heavy atom. The Balaban J connectivity index is 1.63. The van der Waals surface area contributed by atoms with Crippen molar-refractivity contribution in [1.82, 2.24) is 10.9 Å². The van der Waals surface area contributed by atoms with E-state index in [0.717, 1.165) is 0 Å². The average molecular weight is 333 g/mol. The number of amides is 3. The molecule has 0 unspecified atom stereocenters. The third kappa shape index (κ3) is 3.12. The first-order valence-corrected chi connectivity index (χ1v) is 7.75. The molecule has 0 radical (unpaired) electrons. The molecule has 8 heteroatoms. The Morgan fingerprint density at radius 1 is 1.21 bits per heavy atom. The molecule has 3 rings (SSSR count). The lowest BCUT2D eigenvalue weighted by Crippen LogP contribution is -2.46. The third-order valence-electron chi connectivity index (χ3n) is 4.00. The van der Waals surface area contributed by atoms with E-state index >= 15 is 0 Å². The van der Waals surface area contributed by atoms with Crippen LogP contribution in [0, 0.1) is 11.8 Å². The normalized spacial score (nSPS) is 18.9. The number of hydrogen-bond acceptors (Lipinski definition) is 5. The molecule has 0 saturated carbocycles. The maximum Gasteiger partial charge on any atom is 0.243 e. The summed E-state index contributed by atoms with van der Waals surface area (Å²) < 4.78 is 10.6. The Hall–Kier alpha value is -2.77. The van der Waals surface area contributed by atoms with Crippen molar-refractivity contribution >= 4 is 23.4 Å². The summed E-state index contributed by atoms with van der Waals surface area (Å²) in [5, 5.41) is 0. The van der Waals surface area contributed by atoms with Gasteiger partial charge in [-0.2, -0.15) is 0 Å². The van der Waals surface area contributed by atoms with E-state index in [-0.39, 0.29) is 43.4 Å². The predicted molar refractivity (Wildman–Crippen MR) is 84.1 cm³/mol. The van der Waals surface area contributed by atoms with Crippen LogP contribution in [0.5, 0.6) is 11.5 Å². The molecule has 2 aliphatic rings. The Bertz CT molecular complexity index is 688. The quantitative estimate of drug-likeness (QED) is 0.788. The van der Waals surface area contributed by atoms with Gasteiger partial charge in [-0.25, -0.2) is 0 Å². The summed E-state index contributed by atoms with van der Waals surface area (Å²) in [6, 6.07) is 5.22.